The lowest BCUT2D eigenvalue weighted by atomic mass is 9.94. The summed E-state index contributed by atoms with van der Waals surface area (Å²) in [6.07, 6.45) is 0.941. The third-order valence-electron chi connectivity index (χ3n) is 3.84. The molecule has 0 spiro atoms. The maximum atomic E-state index is 6.36. The van der Waals surface area contributed by atoms with Crippen LogP contribution in [0.3, 0.4) is 0 Å². The molecule has 20 heavy (non-hydrogen) atoms. The van der Waals surface area contributed by atoms with E-state index in [0.717, 1.165) is 22.3 Å². The number of thiazole rings is 1. The number of benzene rings is 1. The van der Waals surface area contributed by atoms with Gasteiger partial charge in [0, 0.05) is 0 Å². The average Bonchev–Trinajstić information content (AvgIpc) is 2.84. The zero-order chi connectivity index (χ0) is 14.5. The molecule has 3 rings (SSSR count). The highest BCUT2D eigenvalue weighted by Crippen LogP contribution is 2.41. The predicted octanol–water partition coefficient (Wildman–Crippen LogP) is 4.71. The largest absolute Gasteiger partial charge is 0.376 e. The molecule has 0 aliphatic carbocycles. The van der Waals surface area contributed by atoms with Crippen LogP contribution in [-0.4, -0.2) is 22.2 Å². The summed E-state index contributed by atoms with van der Waals surface area (Å²) in [6, 6.07) is 4.15. The number of halogens is 1. The molecule has 5 heteroatoms. The van der Waals surface area contributed by atoms with Gasteiger partial charge in [-0.05, 0) is 46.2 Å². The molecule has 2 heterocycles. The van der Waals surface area contributed by atoms with Gasteiger partial charge in [0.2, 0.25) is 0 Å². The number of ether oxygens (including phenoxy) is 1. The Morgan fingerprint density at radius 3 is 2.75 bits per heavy atom. The van der Waals surface area contributed by atoms with Gasteiger partial charge in [-0.1, -0.05) is 11.6 Å². The summed E-state index contributed by atoms with van der Waals surface area (Å²) < 4.78 is 7.28. The summed E-state index contributed by atoms with van der Waals surface area (Å²) in [5.41, 5.74) is 3.37. The van der Waals surface area contributed by atoms with Crippen LogP contribution in [0.4, 0.5) is 5.69 Å². The molecule has 0 saturated carbocycles. The van der Waals surface area contributed by atoms with Gasteiger partial charge in [-0.25, -0.2) is 4.98 Å². The summed E-state index contributed by atoms with van der Waals surface area (Å²) in [5.74, 6) is 0. The van der Waals surface area contributed by atoms with Crippen LogP contribution in [0, 0.1) is 0 Å². The van der Waals surface area contributed by atoms with Gasteiger partial charge in [0.05, 0.1) is 38.2 Å². The van der Waals surface area contributed by atoms with Crippen LogP contribution >= 0.6 is 22.9 Å². The molecule has 1 unspecified atom stereocenters. The highest BCUT2D eigenvalue weighted by Gasteiger charge is 2.46. The average molecular weight is 311 g/mol. The lowest BCUT2D eigenvalue weighted by Crippen LogP contribution is -2.38. The summed E-state index contributed by atoms with van der Waals surface area (Å²) in [6.45, 7) is 8.49. The van der Waals surface area contributed by atoms with Crippen molar-refractivity contribution in [1.82, 2.24) is 4.98 Å². The molecule has 0 bridgehead atoms. The van der Waals surface area contributed by atoms with Gasteiger partial charge >= 0.3 is 0 Å². The molecule has 1 atom stereocenters. The number of hydrogen-bond donors (Lipinski definition) is 1. The second-order valence-corrected chi connectivity index (χ2v) is 7.78. The normalized spacial score (nSPS) is 24.1. The van der Waals surface area contributed by atoms with E-state index < -0.39 is 0 Å². The number of hydrogen-bond acceptors (Lipinski definition) is 4. The van der Waals surface area contributed by atoms with Crippen molar-refractivity contribution in [2.75, 3.05) is 5.32 Å². The van der Waals surface area contributed by atoms with Crippen molar-refractivity contribution in [3.8, 4) is 0 Å². The van der Waals surface area contributed by atoms with Crippen LogP contribution in [0.1, 0.15) is 34.1 Å². The molecule has 1 aliphatic rings. The van der Waals surface area contributed by atoms with Crippen LogP contribution < -0.4 is 5.32 Å². The lowest BCUT2D eigenvalue weighted by Gasteiger charge is -2.28. The number of nitrogens with one attached hydrogen (secondary N) is 1. The zero-order valence-corrected chi connectivity index (χ0v) is 13.7. The van der Waals surface area contributed by atoms with E-state index in [1.165, 1.54) is 0 Å². The van der Waals surface area contributed by atoms with Crippen molar-refractivity contribution >= 4 is 38.8 Å². The van der Waals surface area contributed by atoms with E-state index in [-0.39, 0.29) is 17.2 Å². The topological polar surface area (TPSA) is 34.2 Å². The molecule has 1 aliphatic heterocycles. The first kappa shape index (κ1) is 14.1. The van der Waals surface area contributed by atoms with Gasteiger partial charge in [-0.3, -0.25) is 0 Å². The Morgan fingerprint density at radius 1 is 1.35 bits per heavy atom. The van der Waals surface area contributed by atoms with E-state index in [9.17, 15) is 0 Å². The van der Waals surface area contributed by atoms with Crippen molar-refractivity contribution < 1.29 is 4.74 Å². The van der Waals surface area contributed by atoms with Gasteiger partial charge < -0.3 is 10.1 Å². The number of aromatic nitrogens is 1. The van der Waals surface area contributed by atoms with E-state index in [0.29, 0.717) is 5.02 Å². The van der Waals surface area contributed by atoms with E-state index in [2.05, 4.69) is 38.0 Å². The molecule has 0 amide bonds. The second kappa shape index (κ2) is 4.58. The third kappa shape index (κ3) is 2.41. The summed E-state index contributed by atoms with van der Waals surface area (Å²) >= 11 is 7.99. The Bertz CT molecular complexity index is 650. The SMILES string of the molecule is CC1(C)CC(Nc2c(Cl)ccc3scnc23)C(C)(C)O1. The first-order chi connectivity index (χ1) is 9.28. The molecule has 0 radical (unpaired) electrons. The van der Waals surface area contributed by atoms with E-state index in [1.54, 1.807) is 11.3 Å². The number of fused-ring (bicyclic) bond motifs is 1. The van der Waals surface area contributed by atoms with Crippen LogP contribution in [0.25, 0.3) is 10.2 Å². The Balaban J connectivity index is 1.97. The summed E-state index contributed by atoms with van der Waals surface area (Å²) in [7, 11) is 0. The van der Waals surface area contributed by atoms with Crippen LogP contribution in [0.5, 0.6) is 0 Å². The summed E-state index contributed by atoms with van der Waals surface area (Å²) in [5, 5.41) is 4.28. The Hall–Kier alpha value is -0.840. The first-order valence-corrected chi connectivity index (χ1v) is 8.03. The Labute approximate surface area is 128 Å². The van der Waals surface area contributed by atoms with Crippen molar-refractivity contribution in [3.63, 3.8) is 0 Å². The van der Waals surface area contributed by atoms with Crippen LogP contribution in [0.15, 0.2) is 17.6 Å². The molecule has 1 aromatic heterocycles. The molecular weight excluding hydrogens is 292 g/mol. The highest BCUT2D eigenvalue weighted by atomic mass is 35.5. The molecule has 1 fully saturated rings. The highest BCUT2D eigenvalue weighted by molar-refractivity contribution is 7.16. The fourth-order valence-corrected chi connectivity index (χ4v) is 3.90. The number of nitrogens with zero attached hydrogens (tertiary/aromatic N) is 1. The minimum Gasteiger partial charge on any atom is -0.376 e. The first-order valence-electron chi connectivity index (χ1n) is 6.77. The standard InChI is InChI=1S/C15H19ClN2OS/c1-14(2)7-11(15(3,4)19-14)18-12-9(16)5-6-10-13(12)17-8-20-10/h5-6,8,11,18H,7H2,1-4H3. The van der Waals surface area contributed by atoms with Crippen LogP contribution in [-0.2, 0) is 4.74 Å². The maximum absolute atomic E-state index is 6.36. The fourth-order valence-electron chi connectivity index (χ4n) is 3.01. The maximum Gasteiger partial charge on any atom is 0.106 e. The number of anilines is 1. The van der Waals surface area contributed by atoms with Gasteiger partial charge in [0.25, 0.3) is 0 Å². The van der Waals surface area contributed by atoms with Crippen molar-refractivity contribution in [2.24, 2.45) is 0 Å². The molecular formula is C15H19ClN2OS. The smallest absolute Gasteiger partial charge is 0.106 e. The molecule has 3 nitrogen and oxygen atoms in total. The van der Waals surface area contributed by atoms with Gasteiger partial charge in [0.15, 0.2) is 0 Å². The monoisotopic (exact) mass is 310 g/mol. The van der Waals surface area contributed by atoms with E-state index in [4.69, 9.17) is 16.3 Å². The van der Waals surface area contributed by atoms with Gasteiger partial charge in [-0.15, -0.1) is 11.3 Å². The third-order valence-corrected chi connectivity index (χ3v) is 4.95. The van der Waals surface area contributed by atoms with E-state index >= 15 is 0 Å². The minimum absolute atomic E-state index is 0.121. The van der Waals surface area contributed by atoms with Crippen LogP contribution in [0.2, 0.25) is 5.02 Å². The fraction of sp³-hybridized carbons (Fsp3) is 0.533. The van der Waals surface area contributed by atoms with Gasteiger partial charge in [-0.2, -0.15) is 0 Å². The Kier molecular flexibility index (Phi) is 3.23. The number of rotatable bonds is 2. The summed E-state index contributed by atoms with van der Waals surface area (Å²) in [4.78, 5) is 4.44. The lowest BCUT2D eigenvalue weighted by molar-refractivity contribution is -0.0662. The quantitative estimate of drug-likeness (QED) is 0.872. The minimum atomic E-state index is -0.231. The van der Waals surface area contributed by atoms with Crippen molar-refractivity contribution in [2.45, 2.75) is 51.4 Å². The molecule has 108 valence electrons. The second-order valence-electron chi connectivity index (χ2n) is 6.49. The zero-order valence-electron chi connectivity index (χ0n) is 12.2. The Morgan fingerprint density at radius 2 is 2.10 bits per heavy atom. The predicted molar refractivity (Wildman–Crippen MR) is 85.9 cm³/mol. The van der Waals surface area contributed by atoms with Crippen molar-refractivity contribution in [1.29, 1.82) is 0 Å². The molecule has 2 aromatic rings. The van der Waals surface area contributed by atoms with Gasteiger partial charge in [0.1, 0.15) is 5.52 Å². The van der Waals surface area contributed by atoms with Crippen molar-refractivity contribution in [3.05, 3.63) is 22.7 Å². The molecule has 1 aromatic carbocycles. The molecule has 1 saturated heterocycles. The molecule has 1 N–H and O–H groups in total. The van der Waals surface area contributed by atoms with E-state index in [1.807, 2.05) is 17.6 Å².